The van der Waals surface area contributed by atoms with Gasteiger partial charge in [0.25, 0.3) is 11.8 Å². The van der Waals surface area contributed by atoms with E-state index in [1.54, 1.807) is 29.7 Å². The Morgan fingerprint density at radius 2 is 1.77 bits per heavy atom. The predicted molar refractivity (Wildman–Crippen MR) is 113 cm³/mol. The van der Waals surface area contributed by atoms with Gasteiger partial charge in [0.2, 0.25) is 0 Å². The zero-order valence-corrected chi connectivity index (χ0v) is 16.9. The second-order valence-corrected chi connectivity index (χ2v) is 7.00. The molecule has 0 saturated heterocycles. The number of nitrogens with one attached hydrogen (secondary N) is 3. The minimum absolute atomic E-state index is 0.0937. The SMILES string of the molecule is NC(=O)NC(=O)COC(=O)[C@H](Cc1c[nH]c2ccccc12)NC(=O)c1ccccc1Cl. The summed E-state index contributed by atoms with van der Waals surface area (Å²) in [7, 11) is 0. The number of halogens is 1. The molecule has 3 aromatic rings. The average molecular weight is 443 g/mol. The van der Waals surface area contributed by atoms with Gasteiger partial charge in [0.1, 0.15) is 6.04 Å². The van der Waals surface area contributed by atoms with E-state index in [-0.39, 0.29) is 17.0 Å². The molecular weight excluding hydrogens is 424 g/mol. The van der Waals surface area contributed by atoms with E-state index in [2.05, 4.69) is 10.3 Å². The molecule has 10 heteroatoms. The summed E-state index contributed by atoms with van der Waals surface area (Å²) in [5, 5.41) is 5.50. The molecule has 4 amide bonds. The molecule has 1 aromatic heterocycles. The molecule has 2 aromatic carbocycles. The minimum Gasteiger partial charge on any atom is -0.454 e. The molecule has 0 spiro atoms. The first-order valence-corrected chi connectivity index (χ1v) is 9.59. The van der Waals surface area contributed by atoms with Crippen LogP contribution in [-0.4, -0.2) is 41.4 Å². The Morgan fingerprint density at radius 3 is 2.52 bits per heavy atom. The number of aromatic amines is 1. The molecule has 160 valence electrons. The smallest absolute Gasteiger partial charge is 0.329 e. The molecule has 0 aliphatic carbocycles. The zero-order chi connectivity index (χ0) is 22.4. The Hall–Kier alpha value is -3.85. The van der Waals surface area contributed by atoms with Crippen molar-refractivity contribution in [1.82, 2.24) is 15.6 Å². The van der Waals surface area contributed by atoms with E-state index in [0.717, 1.165) is 16.5 Å². The first-order chi connectivity index (χ1) is 14.8. The van der Waals surface area contributed by atoms with Crippen LogP contribution in [0.1, 0.15) is 15.9 Å². The first-order valence-electron chi connectivity index (χ1n) is 9.21. The molecule has 9 nitrogen and oxygen atoms in total. The monoisotopic (exact) mass is 442 g/mol. The quantitative estimate of drug-likeness (QED) is 0.413. The molecule has 1 atom stereocenters. The molecule has 0 aliphatic rings. The zero-order valence-electron chi connectivity index (χ0n) is 16.2. The van der Waals surface area contributed by atoms with E-state index in [4.69, 9.17) is 22.1 Å². The molecule has 3 rings (SSSR count). The number of aromatic nitrogens is 1. The van der Waals surface area contributed by atoms with Crippen LogP contribution in [0.5, 0.6) is 0 Å². The van der Waals surface area contributed by atoms with Gasteiger partial charge < -0.3 is 20.8 Å². The maximum Gasteiger partial charge on any atom is 0.329 e. The first kappa shape index (κ1) is 21.8. The van der Waals surface area contributed by atoms with Crippen molar-refractivity contribution in [1.29, 1.82) is 0 Å². The lowest BCUT2D eigenvalue weighted by molar-refractivity contribution is -0.150. The van der Waals surface area contributed by atoms with Crippen LogP contribution in [0, 0.1) is 0 Å². The lowest BCUT2D eigenvalue weighted by atomic mass is 10.0. The summed E-state index contributed by atoms with van der Waals surface area (Å²) in [5.41, 5.74) is 6.68. The van der Waals surface area contributed by atoms with Gasteiger partial charge in [-0.05, 0) is 23.8 Å². The Morgan fingerprint density at radius 1 is 1.06 bits per heavy atom. The fourth-order valence-corrected chi connectivity index (χ4v) is 3.23. The molecule has 0 bridgehead atoms. The van der Waals surface area contributed by atoms with Gasteiger partial charge in [-0.3, -0.25) is 14.9 Å². The van der Waals surface area contributed by atoms with Crippen molar-refractivity contribution in [2.24, 2.45) is 5.73 Å². The van der Waals surface area contributed by atoms with Crippen LogP contribution in [0.15, 0.2) is 54.7 Å². The lowest BCUT2D eigenvalue weighted by Crippen LogP contribution is -2.45. The third kappa shape index (κ3) is 5.61. The number of primary amides is 1. The van der Waals surface area contributed by atoms with Gasteiger partial charge in [0, 0.05) is 23.5 Å². The number of urea groups is 1. The summed E-state index contributed by atoms with van der Waals surface area (Å²) >= 11 is 6.08. The predicted octanol–water partition coefficient (Wildman–Crippen LogP) is 1.90. The number of hydrogen-bond acceptors (Lipinski definition) is 5. The van der Waals surface area contributed by atoms with Crippen LogP contribution in [0.25, 0.3) is 10.9 Å². The average Bonchev–Trinajstić information content (AvgIpc) is 3.14. The van der Waals surface area contributed by atoms with Gasteiger partial charge >= 0.3 is 12.0 Å². The van der Waals surface area contributed by atoms with Gasteiger partial charge in [0.15, 0.2) is 6.61 Å². The Bertz CT molecular complexity index is 1140. The van der Waals surface area contributed by atoms with Crippen LogP contribution in [0.4, 0.5) is 4.79 Å². The third-order valence-electron chi connectivity index (χ3n) is 4.42. The molecule has 31 heavy (non-hydrogen) atoms. The van der Waals surface area contributed by atoms with E-state index < -0.39 is 36.5 Å². The second-order valence-electron chi connectivity index (χ2n) is 6.59. The van der Waals surface area contributed by atoms with Gasteiger partial charge in [-0.15, -0.1) is 0 Å². The minimum atomic E-state index is -1.12. The van der Waals surface area contributed by atoms with Crippen LogP contribution >= 0.6 is 11.6 Å². The van der Waals surface area contributed by atoms with E-state index >= 15 is 0 Å². The number of carbonyl (C=O) groups excluding carboxylic acids is 4. The highest BCUT2D eigenvalue weighted by molar-refractivity contribution is 6.33. The number of imide groups is 1. The Balaban J connectivity index is 1.80. The van der Waals surface area contributed by atoms with Gasteiger partial charge in [0.05, 0.1) is 10.6 Å². The highest BCUT2D eigenvalue weighted by atomic mass is 35.5. The molecule has 0 radical (unpaired) electrons. The van der Waals surface area contributed by atoms with Crippen LogP contribution in [0.2, 0.25) is 5.02 Å². The van der Waals surface area contributed by atoms with Crippen molar-refractivity contribution in [3.8, 4) is 0 Å². The number of fused-ring (bicyclic) bond motifs is 1. The van der Waals surface area contributed by atoms with Gasteiger partial charge in [-0.2, -0.15) is 0 Å². The second kappa shape index (κ2) is 9.77. The van der Waals surface area contributed by atoms with Crippen LogP contribution < -0.4 is 16.4 Å². The van der Waals surface area contributed by atoms with E-state index in [0.29, 0.717) is 0 Å². The van der Waals surface area contributed by atoms with Crippen molar-refractivity contribution in [2.45, 2.75) is 12.5 Å². The third-order valence-corrected chi connectivity index (χ3v) is 4.75. The number of amides is 4. The summed E-state index contributed by atoms with van der Waals surface area (Å²) < 4.78 is 4.98. The van der Waals surface area contributed by atoms with E-state index in [9.17, 15) is 19.2 Å². The molecule has 0 unspecified atom stereocenters. The summed E-state index contributed by atoms with van der Waals surface area (Å²) in [6.45, 7) is -0.728. The molecule has 5 N–H and O–H groups in total. The van der Waals surface area contributed by atoms with Crippen LogP contribution in [-0.2, 0) is 20.7 Å². The molecule has 0 saturated carbocycles. The number of benzene rings is 2. The lowest BCUT2D eigenvalue weighted by Gasteiger charge is -2.18. The maximum absolute atomic E-state index is 12.7. The van der Waals surface area contributed by atoms with Crippen molar-refractivity contribution < 1.29 is 23.9 Å². The summed E-state index contributed by atoms with van der Waals surface area (Å²) in [6.07, 6.45) is 1.82. The fraction of sp³-hybridized carbons (Fsp3) is 0.143. The number of hydrogen-bond donors (Lipinski definition) is 4. The number of para-hydroxylation sites is 1. The Kier molecular flexibility index (Phi) is 6.88. The summed E-state index contributed by atoms with van der Waals surface area (Å²) in [5.74, 6) is -2.32. The number of rotatable bonds is 7. The van der Waals surface area contributed by atoms with Crippen molar-refractivity contribution in [2.75, 3.05) is 6.61 Å². The summed E-state index contributed by atoms with van der Waals surface area (Å²) in [6, 6.07) is 11.7. The summed E-state index contributed by atoms with van der Waals surface area (Å²) in [4.78, 5) is 50.8. The Labute approximate surface area is 181 Å². The van der Waals surface area contributed by atoms with Crippen LogP contribution in [0.3, 0.4) is 0 Å². The normalized spacial score (nSPS) is 11.5. The van der Waals surface area contributed by atoms with Gasteiger partial charge in [-0.1, -0.05) is 41.9 Å². The van der Waals surface area contributed by atoms with Crippen molar-refractivity contribution in [3.63, 3.8) is 0 Å². The number of nitrogens with two attached hydrogens (primary N) is 1. The molecule has 0 aliphatic heterocycles. The highest BCUT2D eigenvalue weighted by Gasteiger charge is 2.26. The van der Waals surface area contributed by atoms with E-state index in [1.165, 1.54) is 6.07 Å². The number of esters is 1. The molecule has 1 heterocycles. The number of ether oxygens (including phenoxy) is 1. The maximum atomic E-state index is 12.7. The number of H-pyrrole nitrogens is 1. The van der Waals surface area contributed by atoms with E-state index in [1.807, 2.05) is 24.3 Å². The van der Waals surface area contributed by atoms with Crippen molar-refractivity contribution in [3.05, 3.63) is 70.9 Å². The largest absolute Gasteiger partial charge is 0.454 e. The molecule has 0 fully saturated rings. The highest BCUT2D eigenvalue weighted by Crippen LogP contribution is 2.20. The number of carbonyl (C=O) groups is 4. The topological polar surface area (TPSA) is 143 Å². The molecular formula is C21H19ClN4O5. The van der Waals surface area contributed by atoms with Crippen molar-refractivity contribution >= 4 is 46.3 Å². The van der Waals surface area contributed by atoms with Gasteiger partial charge in [-0.25, -0.2) is 9.59 Å². The standard InChI is InChI=1S/C21H19ClN4O5/c22-15-7-3-1-6-14(15)19(28)25-17(20(29)31-11-18(27)26-21(23)30)9-12-10-24-16-8-4-2-5-13(12)16/h1-8,10,17,24H,9,11H2,(H,25,28)(H3,23,26,27,30)/t17-/m0/s1. The fourth-order valence-electron chi connectivity index (χ4n) is 3.01.